The van der Waals surface area contributed by atoms with Crippen LogP contribution in [0.1, 0.15) is 12.0 Å². The van der Waals surface area contributed by atoms with Gasteiger partial charge in [0.15, 0.2) is 12.8 Å². The molecule has 68 valence electrons. The molecule has 0 heterocycles. The van der Waals surface area contributed by atoms with E-state index in [0.29, 0.717) is 0 Å². The molecule has 0 spiro atoms. The van der Waals surface area contributed by atoms with Crippen LogP contribution >= 0.6 is 0 Å². The summed E-state index contributed by atoms with van der Waals surface area (Å²) in [6.07, 6.45) is 2.49. The van der Waals surface area contributed by atoms with Crippen molar-refractivity contribution in [3.05, 3.63) is 41.1 Å². The first kappa shape index (κ1) is 9.45. The maximum Gasteiger partial charge on any atom is 0.181 e. The van der Waals surface area contributed by atoms with Crippen molar-refractivity contribution in [1.82, 2.24) is 0 Å². The summed E-state index contributed by atoms with van der Waals surface area (Å²) < 4.78 is 0.768. The second-order valence-electron chi connectivity index (χ2n) is 2.64. The van der Waals surface area contributed by atoms with Gasteiger partial charge in [0.1, 0.15) is 6.29 Å². The lowest BCUT2D eigenvalue weighted by atomic mass is 10.2. The second kappa shape index (κ2) is 5.09. The van der Waals surface area contributed by atoms with E-state index < -0.39 is 0 Å². The van der Waals surface area contributed by atoms with Crippen molar-refractivity contribution in [2.45, 2.75) is 6.42 Å². The molecule has 3 heteroatoms. The molecule has 0 unspecified atom stereocenters. The van der Waals surface area contributed by atoms with Gasteiger partial charge in [-0.05, 0) is 12.1 Å². The third kappa shape index (κ3) is 3.51. The smallest absolute Gasteiger partial charge is 0.181 e. The van der Waals surface area contributed by atoms with E-state index in [4.69, 9.17) is 0 Å². The molecular weight excluding hydrogens is 166 g/mol. The van der Waals surface area contributed by atoms with Crippen LogP contribution in [0, 0.1) is 5.21 Å². The molecule has 0 saturated carbocycles. The summed E-state index contributed by atoms with van der Waals surface area (Å²) in [4.78, 5) is 9.98. The fraction of sp³-hybridized carbons (Fsp3) is 0.200. The van der Waals surface area contributed by atoms with Gasteiger partial charge in [-0.3, -0.25) is 0 Å². The maximum atomic E-state index is 11.1. The zero-order valence-corrected chi connectivity index (χ0v) is 7.22. The predicted octanol–water partition coefficient (Wildman–Crippen LogP) is 1.20. The van der Waals surface area contributed by atoms with E-state index in [9.17, 15) is 10.0 Å². The number of rotatable bonds is 4. The molecule has 0 radical (unpaired) electrons. The standard InChI is InChI=1S/C10H11NO2/c12-8-4-7-11(13)9-10-5-2-1-3-6-10/h1-3,5-6,8-9H,4,7H2/b11-9-. The van der Waals surface area contributed by atoms with Crippen LogP contribution in [0.2, 0.25) is 0 Å². The van der Waals surface area contributed by atoms with Crippen LogP contribution in [-0.2, 0) is 4.79 Å². The van der Waals surface area contributed by atoms with Crippen LogP contribution in [0.4, 0.5) is 0 Å². The molecule has 0 N–H and O–H groups in total. The SMILES string of the molecule is O=CCC/[N+]([O-])=C/c1ccccc1. The molecule has 0 bridgehead atoms. The first-order valence-electron chi connectivity index (χ1n) is 4.10. The van der Waals surface area contributed by atoms with Gasteiger partial charge < -0.3 is 10.0 Å². The summed E-state index contributed by atoms with van der Waals surface area (Å²) in [5, 5.41) is 11.1. The number of hydrogen-bond acceptors (Lipinski definition) is 2. The molecule has 0 amide bonds. The molecule has 0 aliphatic heterocycles. The summed E-state index contributed by atoms with van der Waals surface area (Å²) in [7, 11) is 0. The average molecular weight is 177 g/mol. The van der Waals surface area contributed by atoms with Crippen molar-refractivity contribution < 1.29 is 9.53 Å². The number of carbonyl (C=O) groups excluding carboxylic acids is 1. The van der Waals surface area contributed by atoms with Gasteiger partial charge in [0.05, 0.1) is 6.42 Å². The highest BCUT2D eigenvalue weighted by molar-refractivity contribution is 5.75. The van der Waals surface area contributed by atoms with Crippen LogP contribution in [0.5, 0.6) is 0 Å². The Bertz CT molecular complexity index is 293. The van der Waals surface area contributed by atoms with E-state index in [-0.39, 0.29) is 13.0 Å². The van der Waals surface area contributed by atoms with Gasteiger partial charge in [-0.15, -0.1) is 0 Å². The van der Waals surface area contributed by atoms with Gasteiger partial charge in [0, 0.05) is 5.56 Å². The number of hydrogen-bond donors (Lipinski definition) is 0. The summed E-state index contributed by atoms with van der Waals surface area (Å²) in [5.74, 6) is 0. The highest BCUT2D eigenvalue weighted by atomic mass is 16.5. The van der Waals surface area contributed by atoms with Gasteiger partial charge in [-0.2, -0.15) is 0 Å². The zero-order valence-electron chi connectivity index (χ0n) is 7.22. The topological polar surface area (TPSA) is 43.1 Å². The molecule has 0 aromatic heterocycles. The highest BCUT2D eigenvalue weighted by Gasteiger charge is 1.93. The van der Waals surface area contributed by atoms with Crippen molar-refractivity contribution in [1.29, 1.82) is 0 Å². The Labute approximate surface area is 76.9 Å². The van der Waals surface area contributed by atoms with Gasteiger partial charge in [0.25, 0.3) is 0 Å². The van der Waals surface area contributed by atoms with E-state index in [0.717, 1.165) is 16.6 Å². The molecule has 1 aromatic rings. The number of aldehydes is 1. The van der Waals surface area contributed by atoms with Gasteiger partial charge >= 0.3 is 0 Å². The molecule has 0 saturated heterocycles. The number of benzene rings is 1. The molecule has 1 rings (SSSR count). The normalized spacial score (nSPS) is 11.2. The van der Waals surface area contributed by atoms with Gasteiger partial charge in [-0.1, -0.05) is 18.2 Å². The maximum absolute atomic E-state index is 11.1. The lowest BCUT2D eigenvalue weighted by Gasteiger charge is -2.00. The van der Waals surface area contributed by atoms with Crippen LogP contribution in [0.25, 0.3) is 0 Å². The molecule has 3 nitrogen and oxygen atoms in total. The van der Waals surface area contributed by atoms with Gasteiger partial charge in [-0.25, -0.2) is 4.74 Å². The molecule has 0 aliphatic rings. The Hall–Kier alpha value is -1.64. The molecule has 1 aromatic carbocycles. The minimum absolute atomic E-state index is 0.221. The highest BCUT2D eigenvalue weighted by Crippen LogP contribution is 1.93. The lowest BCUT2D eigenvalue weighted by Crippen LogP contribution is -2.07. The third-order valence-corrected chi connectivity index (χ3v) is 1.56. The first-order valence-corrected chi connectivity index (χ1v) is 4.10. The van der Waals surface area contributed by atoms with Crippen molar-refractivity contribution in [2.24, 2.45) is 0 Å². The first-order chi connectivity index (χ1) is 6.33. The van der Waals surface area contributed by atoms with Crippen LogP contribution in [0.3, 0.4) is 0 Å². The Morgan fingerprint density at radius 1 is 1.31 bits per heavy atom. The second-order valence-corrected chi connectivity index (χ2v) is 2.64. The number of carbonyl (C=O) groups is 1. The minimum atomic E-state index is 0.221. The monoisotopic (exact) mass is 177 g/mol. The molecular formula is C10H11NO2. The predicted molar refractivity (Wildman–Crippen MR) is 50.8 cm³/mol. The van der Waals surface area contributed by atoms with Crippen LogP contribution < -0.4 is 0 Å². The van der Waals surface area contributed by atoms with Crippen LogP contribution in [-0.4, -0.2) is 23.8 Å². The number of hydroxylamine groups is 1. The van der Waals surface area contributed by atoms with Crippen molar-refractivity contribution in [3.8, 4) is 0 Å². The van der Waals surface area contributed by atoms with E-state index in [1.165, 1.54) is 6.21 Å². The Balaban J connectivity index is 2.60. The fourth-order valence-electron chi connectivity index (χ4n) is 0.950. The van der Waals surface area contributed by atoms with E-state index in [1.54, 1.807) is 0 Å². The summed E-state index contributed by atoms with van der Waals surface area (Å²) in [5.41, 5.74) is 0.850. The molecule has 13 heavy (non-hydrogen) atoms. The largest absolute Gasteiger partial charge is 0.624 e. The Morgan fingerprint density at radius 3 is 2.62 bits per heavy atom. The number of nitrogens with zero attached hydrogens (tertiary/aromatic N) is 1. The van der Waals surface area contributed by atoms with Crippen LogP contribution in [0.15, 0.2) is 30.3 Å². The Kier molecular flexibility index (Phi) is 3.70. The lowest BCUT2D eigenvalue weighted by molar-refractivity contribution is -0.450. The van der Waals surface area contributed by atoms with Crippen molar-refractivity contribution in [3.63, 3.8) is 0 Å². The van der Waals surface area contributed by atoms with Crippen molar-refractivity contribution >= 4 is 12.5 Å². The van der Waals surface area contributed by atoms with E-state index in [1.807, 2.05) is 30.3 Å². The van der Waals surface area contributed by atoms with Gasteiger partial charge in [0.2, 0.25) is 0 Å². The minimum Gasteiger partial charge on any atom is -0.624 e. The average Bonchev–Trinajstić information content (AvgIpc) is 2.16. The van der Waals surface area contributed by atoms with E-state index >= 15 is 0 Å². The fourth-order valence-corrected chi connectivity index (χ4v) is 0.950. The summed E-state index contributed by atoms with van der Waals surface area (Å²) >= 11 is 0. The molecule has 0 aliphatic carbocycles. The molecule has 0 atom stereocenters. The molecule has 0 fully saturated rings. The van der Waals surface area contributed by atoms with E-state index in [2.05, 4.69) is 0 Å². The van der Waals surface area contributed by atoms with Crippen molar-refractivity contribution in [2.75, 3.05) is 6.54 Å². The zero-order chi connectivity index (χ0) is 9.52. The summed E-state index contributed by atoms with van der Waals surface area (Å²) in [6, 6.07) is 9.29. The summed E-state index contributed by atoms with van der Waals surface area (Å²) in [6.45, 7) is 0.221. The quantitative estimate of drug-likeness (QED) is 0.228. The third-order valence-electron chi connectivity index (χ3n) is 1.56. The Morgan fingerprint density at radius 2 is 2.00 bits per heavy atom.